The first-order valence-electron chi connectivity index (χ1n) is 5.84. The van der Waals surface area contributed by atoms with Crippen molar-refractivity contribution in [3.05, 3.63) is 0 Å². The fraction of sp³-hybridized carbons (Fsp3) is 0.917. The number of hydrogen-bond acceptors (Lipinski definition) is 3. The molecular weight excluding hydrogens is 211 g/mol. The first-order valence-corrected chi connectivity index (χ1v) is 5.84. The Kier molecular flexibility index (Phi) is 3.94. The van der Waals surface area contributed by atoms with Crippen LogP contribution in [-0.2, 0) is 9.53 Å². The number of alkyl halides is 1. The molecule has 0 radical (unpaired) electrons. The summed E-state index contributed by atoms with van der Waals surface area (Å²) in [7, 11) is 0. The number of carbonyl (C=O) groups is 1. The monoisotopic (exact) mass is 232 g/mol. The second kappa shape index (κ2) is 4.70. The van der Waals surface area contributed by atoms with E-state index in [0.717, 1.165) is 12.8 Å². The maximum atomic E-state index is 13.8. The second-order valence-corrected chi connectivity index (χ2v) is 5.38. The predicted octanol–water partition coefficient (Wildman–Crippen LogP) is 2.22. The van der Waals surface area contributed by atoms with Gasteiger partial charge < -0.3 is 9.84 Å². The van der Waals surface area contributed by atoms with Crippen LogP contribution in [0.4, 0.5) is 4.39 Å². The van der Waals surface area contributed by atoms with Crippen molar-refractivity contribution < 1.29 is 19.0 Å². The third kappa shape index (κ3) is 2.94. The van der Waals surface area contributed by atoms with E-state index in [4.69, 9.17) is 0 Å². The summed E-state index contributed by atoms with van der Waals surface area (Å²) >= 11 is 0. The van der Waals surface area contributed by atoms with Crippen LogP contribution in [0.1, 0.15) is 46.5 Å². The van der Waals surface area contributed by atoms with Crippen LogP contribution in [0.2, 0.25) is 0 Å². The highest BCUT2D eigenvalue weighted by atomic mass is 19.1. The summed E-state index contributed by atoms with van der Waals surface area (Å²) in [6.45, 7) is 5.94. The molecule has 3 nitrogen and oxygen atoms in total. The summed E-state index contributed by atoms with van der Waals surface area (Å²) in [6, 6.07) is 0. The van der Waals surface area contributed by atoms with Crippen LogP contribution in [0.15, 0.2) is 0 Å². The molecule has 1 atom stereocenters. The lowest BCUT2D eigenvalue weighted by Gasteiger charge is -2.40. The highest BCUT2D eigenvalue weighted by molar-refractivity contribution is 5.76. The Balaban J connectivity index is 2.62. The number of esters is 1. The average Bonchev–Trinajstić information content (AvgIpc) is 2.22. The SMILES string of the molecule is CCOC(=O)C(F)C1(O)CCC(C)(C)CC1. The lowest BCUT2D eigenvalue weighted by Crippen LogP contribution is -2.48. The summed E-state index contributed by atoms with van der Waals surface area (Å²) in [5, 5.41) is 10.1. The van der Waals surface area contributed by atoms with E-state index in [-0.39, 0.29) is 12.0 Å². The van der Waals surface area contributed by atoms with Crippen LogP contribution in [0.3, 0.4) is 0 Å². The Morgan fingerprint density at radius 2 is 1.88 bits per heavy atom. The molecule has 0 spiro atoms. The molecule has 16 heavy (non-hydrogen) atoms. The summed E-state index contributed by atoms with van der Waals surface area (Å²) in [4.78, 5) is 11.3. The highest BCUT2D eigenvalue weighted by Crippen LogP contribution is 2.42. The minimum absolute atomic E-state index is 0.126. The van der Waals surface area contributed by atoms with Gasteiger partial charge in [0.05, 0.1) is 6.61 Å². The first kappa shape index (κ1) is 13.4. The Hall–Kier alpha value is -0.640. The molecule has 0 aromatic rings. The number of carbonyl (C=O) groups excluding carboxylic acids is 1. The van der Waals surface area contributed by atoms with Crippen molar-refractivity contribution in [2.75, 3.05) is 6.61 Å². The maximum absolute atomic E-state index is 13.8. The molecule has 1 saturated carbocycles. The van der Waals surface area contributed by atoms with Gasteiger partial charge in [-0.2, -0.15) is 0 Å². The molecule has 4 heteroatoms. The van der Waals surface area contributed by atoms with Gasteiger partial charge in [-0.1, -0.05) is 13.8 Å². The van der Waals surface area contributed by atoms with Crippen molar-refractivity contribution in [3.8, 4) is 0 Å². The van der Waals surface area contributed by atoms with E-state index in [2.05, 4.69) is 18.6 Å². The van der Waals surface area contributed by atoms with E-state index in [1.54, 1.807) is 6.92 Å². The maximum Gasteiger partial charge on any atom is 0.343 e. The van der Waals surface area contributed by atoms with Crippen LogP contribution < -0.4 is 0 Å². The predicted molar refractivity (Wildman–Crippen MR) is 58.7 cm³/mol. The van der Waals surface area contributed by atoms with Gasteiger partial charge in [-0.25, -0.2) is 9.18 Å². The Morgan fingerprint density at radius 3 is 2.31 bits per heavy atom. The number of ether oxygens (including phenoxy) is 1. The van der Waals surface area contributed by atoms with Crippen LogP contribution in [-0.4, -0.2) is 29.5 Å². The molecule has 0 aromatic heterocycles. The van der Waals surface area contributed by atoms with Crippen molar-refractivity contribution in [1.29, 1.82) is 0 Å². The van der Waals surface area contributed by atoms with Crippen molar-refractivity contribution in [2.45, 2.75) is 58.2 Å². The zero-order valence-corrected chi connectivity index (χ0v) is 10.3. The Bertz CT molecular complexity index is 253. The van der Waals surface area contributed by atoms with E-state index in [0.29, 0.717) is 12.8 Å². The molecule has 1 aliphatic carbocycles. The summed E-state index contributed by atoms with van der Waals surface area (Å²) in [6.07, 6.45) is 0.177. The van der Waals surface area contributed by atoms with Gasteiger partial charge in [-0.3, -0.25) is 0 Å². The van der Waals surface area contributed by atoms with Gasteiger partial charge in [0.25, 0.3) is 0 Å². The van der Waals surface area contributed by atoms with Crippen LogP contribution in [0.25, 0.3) is 0 Å². The molecule has 0 amide bonds. The Labute approximate surface area is 96.0 Å². The van der Waals surface area contributed by atoms with E-state index in [1.807, 2.05) is 0 Å². The van der Waals surface area contributed by atoms with Crippen LogP contribution >= 0.6 is 0 Å². The minimum Gasteiger partial charge on any atom is -0.464 e. The van der Waals surface area contributed by atoms with Crippen molar-refractivity contribution in [1.82, 2.24) is 0 Å². The lowest BCUT2D eigenvalue weighted by atomic mass is 9.69. The quantitative estimate of drug-likeness (QED) is 0.759. The fourth-order valence-corrected chi connectivity index (χ4v) is 2.05. The van der Waals surface area contributed by atoms with Crippen molar-refractivity contribution in [2.24, 2.45) is 5.41 Å². The average molecular weight is 232 g/mol. The molecule has 0 heterocycles. The van der Waals surface area contributed by atoms with Crippen LogP contribution in [0, 0.1) is 5.41 Å². The van der Waals surface area contributed by atoms with Gasteiger partial charge in [0, 0.05) is 0 Å². The molecule has 1 aliphatic rings. The number of halogens is 1. The second-order valence-electron chi connectivity index (χ2n) is 5.38. The van der Waals surface area contributed by atoms with Crippen molar-refractivity contribution in [3.63, 3.8) is 0 Å². The van der Waals surface area contributed by atoms with Gasteiger partial charge in [0.15, 0.2) is 0 Å². The lowest BCUT2D eigenvalue weighted by molar-refractivity contribution is -0.165. The largest absolute Gasteiger partial charge is 0.464 e. The Morgan fingerprint density at radius 1 is 1.38 bits per heavy atom. The molecule has 1 fully saturated rings. The van der Waals surface area contributed by atoms with Crippen molar-refractivity contribution >= 4 is 5.97 Å². The highest BCUT2D eigenvalue weighted by Gasteiger charge is 2.46. The molecule has 0 aromatic carbocycles. The summed E-state index contributed by atoms with van der Waals surface area (Å²) in [5.74, 6) is -0.940. The third-order valence-corrected chi connectivity index (χ3v) is 3.43. The fourth-order valence-electron chi connectivity index (χ4n) is 2.05. The molecule has 1 rings (SSSR count). The molecule has 94 valence electrons. The number of hydrogen-bond donors (Lipinski definition) is 1. The molecule has 0 saturated heterocycles. The van der Waals surface area contributed by atoms with E-state index in [9.17, 15) is 14.3 Å². The molecule has 1 N–H and O–H groups in total. The number of rotatable bonds is 3. The molecule has 1 unspecified atom stereocenters. The molecule has 0 aliphatic heterocycles. The molecule has 0 bridgehead atoms. The topological polar surface area (TPSA) is 46.5 Å². The minimum atomic E-state index is -1.91. The normalized spacial score (nSPS) is 24.8. The van der Waals surface area contributed by atoms with Gasteiger partial charge in [-0.05, 0) is 38.0 Å². The summed E-state index contributed by atoms with van der Waals surface area (Å²) < 4.78 is 18.4. The summed E-state index contributed by atoms with van der Waals surface area (Å²) in [5.41, 5.74) is -1.40. The van der Waals surface area contributed by atoms with Gasteiger partial charge in [0.1, 0.15) is 5.60 Å². The van der Waals surface area contributed by atoms with Crippen LogP contribution in [0.5, 0.6) is 0 Å². The van der Waals surface area contributed by atoms with E-state index in [1.165, 1.54) is 0 Å². The number of aliphatic hydroxyl groups is 1. The van der Waals surface area contributed by atoms with E-state index < -0.39 is 17.7 Å². The van der Waals surface area contributed by atoms with E-state index >= 15 is 0 Å². The zero-order valence-electron chi connectivity index (χ0n) is 10.3. The van der Waals surface area contributed by atoms with Gasteiger partial charge in [0.2, 0.25) is 6.17 Å². The standard InChI is InChI=1S/C12H21FO3/c1-4-16-10(14)9(13)12(15)7-5-11(2,3)6-8-12/h9,15H,4-8H2,1-3H3. The smallest absolute Gasteiger partial charge is 0.343 e. The van der Waals surface area contributed by atoms with Gasteiger partial charge in [-0.15, -0.1) is 0 Å². The molecular formula is C12H21FO3. The zero-order chi connectivity index (χ0) is 12.4. The third-order valence-electron chi connectivity index (χ3n) is 3.43. The first-order chi connectivity index (χ1) is 7.31. The van der Waals surface area contributed by atoms with Gasteiger partial charge >= 0.3 is 5.97 Å².